The van der Waals surface area contributed by atoms with Crippen molar-refractivity contribution in [3.8, 4) is 0 Å². The van der Waals surface area contributed by atoms with Crippen molar-refractivity contribution in [1.82, 2.24) is 0 Å². The van der Waals surface area contributed by atoms with Crippen molar-refractivity contribution in [2.75, 3.05) is 0 Å². The van der Waals surface area contributed by atoms with Crippen molar-refractivity contribution in [3.63, 3.8) is 0 Å². The van der Waals surface area contributed by atoms with E-state index in [1.807, 2.05) is 0 Å². The van der Waals surface area contributed by atoms with E-state index in [1.165, 1.54) is 6.92 Å². The van der Waals surface area contributed by atoms with Crippen LogP contribution in [0.4, 0.5) is 0 Å². The van der Waals surface area contributed by atoms with Crippen LogP contribution in [0, 0.1) is 0 Å². The van der Waals surface area contributed by atoms with Crippen LogP contribution < -0.4 is 0 Å². The topological polar surface area (TPSA) is 57.5 Å². The van der Waals surface area contributed by atoms with Gasteiger partial charge < -0.3 is 9.90 Å². The summed E-state index contributed by atoms with van der Waals surface area (Å²) in [6.07, 6.45) is -0.894. The summed E-state index contributed by atoms with van der Waals surface area (Å²) >= 11 is 0. The number of aliphatic hydroxyl groups excluding tert-OH is 1. The monoisotopic (exact) mass is 134 g/mol. The van der Waals surface area contributed by atoms with Crippen molar-refractivity contribution in [2.45, 2.75) is 19.1 Å². The lowest BCUT2D eigenvalue weighted by Gasteiger charge is -1.97. The Kier molecular flexibility index (Phi) is 3.68. The zero-order valence-electron chi connectivity index (χ0n) is 4.79. The first-order chi connectivity index (χ1) is 3.68. The van der Waals surface area contributed by atoms with Crippen molar-refractivity contribution in [2.24, 2.45) is 0 Å². The summed E-state index contributed by atoms with van der Waals surface area (Å²) in [5.41, 5.74) is 0. The zero-order valence-corrected chi connectivity index (χ0v) is 6.21. The zero-order chi connectivity index (χ0) is 6.57. The molecule has 0 amide bonds. The second-order valence-electron chi connectivity index (χ2n) is 1.62. The third-order valence-corrected chi connectivity index (χ3v) is 1.54. The highest BCUT2D eigenvalue weighted by molar-refractivity contribution is 6.33. The maximum absolute atomic E-state index is 10.4. The van der Waals surface area contributed by atoms with Gasteiger partial charge in [0.2, 0.25) is 0 Å². The van der Waals surface area contributed by atoms with Gasteiger partial charge in [-0.15, -0.1) is 0 Å². The Hall–Kier alpha value is -0.193. The van der Waals surface area contributed by atoms with Gasteiger partial charge in [0.05, 0.1) is 0 Å². The van der Waals surface area contributed by atoms with Crippen LogP contribution in [-0.2, 0) is 4.79 Å². The van der Waals surface area contributed by atoms with E-state index in [1.54, 1.807) is 0 Å². The maximum Gasteiger partial charge on any atom is 0.164 e. The molecule has 0 aromatic heterocycles. The summed E-state index contributed by atoms with van der Waals surface area (Å²) in [7, 11) is -1.19. The van der Waals surface area contributed by atoms with Crippen molar-refractivity contribution in [3.05, 3.63) is 0 Å². The molecule has 8 heavy (non-hydrogen) atoms. The molecule has 1 atom stereocenters. The average Bonchev–Trinajstić information content (AvgIpc) is 1.67. The molecule has 2 N–H and O–H groups in total. The molecule has 48 valence electrons. The van der Waals surface area contributed by atoms with Gasteiger partial charge in [-0.25, -0.2) is 0 Å². The summed E-state index contributed by atoms with van der Waals surface area (Å²) in [4.78, 5) is 18.7. The van der Waals surface area contributed by atoms with Gasteiger partial charge in [0.1, 0.15) is 6.10 Å². The first kappa shape index (κ1) is 7.81. The number of hydrogen-bond donors (Lipinski definition) is 2. The molecule has 4 heteroatoms. The van der Waals surface area contributed by atoms with Crippen LogP contribution in [0.2, 0.25) is 6.04 Å². The molecule has 0 saturated carbocycles. The average molecular weight is 134 g/mol. The molecule has 0 aliphatic rings. The minimum absolute atomic E-state index is 0.192. The minimum atomic E-state index is -1.19. The third-order valence-electron chi connectivity index (χ3n) is 0.824. The number of Topliss-reactive ketones (excluding diaryl/α,β-unsaturated/α-hetero) is 1. The number of ketones is 1. The summed E-state index contributed by atoms with van der Waals surface area (Å²) in [5.74, 6) is -0.251. The molecule has 0 heterocycles. The lowest BCUT2D eigenvalue weighted by Crippen LogP contribution is -2.16. The summed E-state index contributed by atoms with van der Waals surface area (Å²) < 4.78 is 0. The second kappa shape index (κ2) is 3.77. The van der Waals surface area contributed by atoms with Crippen molar-refractivity contribution in [1.29, 1.82) is 0 Å². The third kappa shape index (κ3) is 2.90. The van der Waals surface area contributed by atoms with Gasteiger partial charge in [-0.2, -0.15) is 0 Å². The smallest absolute Gasteiger partial charge is 0.164 e. The van der Waals surface area contributed by atoms with E-state index in [0.717, 1.165) is 0 Å². The molecule has 0 bridgehead atoms. The van der Waals surface area contributed by atoms with Crippen LogP contribution in [0.25, 0.3) is 0 Å². The van der Waals surface area contributed by atoms with E-state index in [-0.39, 0.29) is 11.8 Å². The first-order valence-electron chi connectivity index (χ1n) is 2.50. The molecule has 0 aromatic rings. The van der Waals surface area contributed by atoms with E-state index in [9.17, 15) is 4.79 Å². The Morgan fingerprint density at radius 1 is 1.88 bits per heavy atom. The van der Waals surface area contributed by atoms with E-state index in [0.29, 0.717) is 0 Å². The summed E-state index contributed by atoms with van der Waals surface area (Å²) in [6.45, 7) is 1.41. The molecule has 3 nitrogen and oxygen atoms in total. The Morgan fingerprint density at radius 2 is 2.38 bits per heavy atom. The highest BCUT2D eigenvalue weighted by Gasteiger charge is 2.06. The van der Waals surface area contributed by atoms with Gasteiger partial charge in [0, 0.05) is 6.04 Å². The van der Waals surface area contributed by atoms with E-state index in [2.05, 4.69) is 0 Å². The molecular weight excluding hydrogens is 124 g/mol. The molecule has 0 saturated heterocycles. The standard InChI is InChI=1S/C4H10O3Si/c1-3(5)4(6)2-8-7/h3,5,7H,2,8H2,1H3. The van der Waals surface area contributed by atoms with E-state index >= 15 is 0 Å². The highest BCUT2D eigenvalue weighted by atomic mass is 28.2. The second-order valence-corrected chi connectivity index (χ2v) is 2.56. The predicted molar refractivity (Wildman–Crippen MR) is 32.3 cm³/mol. The molecule has 0 aliphatic heterocycles. The lowest BCUT2D eigenvalue weighted by atomic mass is 10.3. The SMILES string of the molecule is CC(O)C(=O)C[SiH2]O. The van der Waals surface area contributed by atoms with Crippen LogP contribution in [0.3, 0.4) is 0 Å². The fourth-order valence-corrected chi connectivity index (χ4v) is 0.957. The Bertz CT molecular complexity index is 81.4. The largest absolute Gasteiger partial charge is 0.438 e. The molecule has 0 rings (SSSR count). The van der Waals surface area contributed by atoms with Crippen LogP contribution >= 0.6 is 0 Å². The Balaban J connectivity index is 3.33. The summed E-state index contributed by atoms with van der Waals surface area (Å²) in [5, 5.41) is 8.51. The molecule has 0 aromatic carbocycles. The van der Waals surface area contributed by atoms with Gasteiger partial charge in [0.15, 0.2) is 15.5 Å². The van der Waals surface area contributed by atoms with Gasteiger partial charge in [-0.05, 0) is 6.92 Å². The first-order valence-corrected chi connectivity index (χ1v) is 4.13. The van der Waals surface area contributed by atoms with E-state index < -0.39 is 15.9 Å². The maximum atomic E-state index is 10.4. The number of carbonyl (C=O) groups excluding carboxylic acids is 1. The predicted octanol–water partition coefficient (Wildman–Crippen LogP) is -1.57. The molecule has 0 radical (unpaired) electrons. The highest BCUT2D eigenvalue weighted by Crippen LogP contribution is 1.87. The number of carbonyl (C=O) groups is 1. The fraction of sp³-hybridized carbons (Fsp3) is 0.750. The minimum Gasteiger partial charge on any atom is -0.438 e. The van der Waals surface area contributed by atoms with Crippen LogP contribution in [0.1, 0.15) is 6.92 Å². The summed E-state index contributed by atoms with van der Waals surface area (Å²) in [6, 6.07) is 0.192. The van der Waals surface area contributed by atoms with Gasteiger partial charge in [0.25, 0.3) is 0 Å². The van der Waals surface area contributed by atoms with E-state index in [4.69, 9.17) is 9.90 Å². The Labute approximate surface area is 50.3 Å². The molecule has 0 fully saturated rings. The van der Waals surface area contributed by atoms with Crippen LogP contribution in [-0.4, -0.2) is 31.6 Å². The van der Waals surface area contributed by atoms with Crippen molar-refractivity contribution < 1.29 is 14.7 Å². The fourth-order valence-electron chi connectivity index (χ4n) is 0.319. The lowest BCUT2D eigenvalue weighted by molar-refractivity contribution is -0.124. The molecule has 0 aliphatic carbocycles. The molecular formula is C4H10O3Si. The van der Waals surface area contributed by atoms with Crippen molar-refractivity contribution >= 4 is 15.5 Å². The van der Waals surface area contributed by atoms with Crippen LogP contribution in [0.15, 0.2) is 0 Å². The molecule has 1 unspecified atom stereocenters. The molecule has 0 spiro atoms. The number of rotatable bonds is 3. The quantitative estimate of drug-likeness (QED) is 0.458. The van der Waals surface area contributed by atoms with Crippen LogP contribution in [0.5, 0.6) is 0 Å². The normalized spacial score (nSPS) is 14.9. The number of aliphatic hydroxyl groups is 1. The Morgan fingerprint density at radius 3 is 2.50 bits per heavy atom. The number of hydrogen-bond acceptors (Lipinski definition) is 3. The van der Waals surface area contributed by atoms with Gasteiger partial charge in [-0.3, -0.25) is 4.79 Å². The van der Waals surface area contributed by atoms with Gasteiger partial charge in [-0.1, -0.05) is 0 Å². The van der Waals surface area contributed by atoms with Gasteiger partial charge >= 0.3 is 0 Å².